The van der Waals surface area contributed by atoms with E-state index in [1.807, 2.05) is 38.1 Å². The third-order valence-corrected chi connectivity index (χ3v) is 5.55. The highest BCUT2D eigenvalue weighted by molar-refractivity contribution is 6.30. The lowest BCUT2D eigenvalue weighted by molar-refractivity contribution is 0.146. The van der Waals surface area contributed by atoms with Crippen LogP contribution in [0.4, 0.5) is 8.78 Å². The fourth-order valence-corrected chi connectivity index (χ4v) is 3.54. The third-order valence-electron chi connectivity index (χ3n) is 5.18. The first-order valence-corrected chi connectivity index (χ1v) is 10.3. The molecule has 0 aliphatic heterocycles. The standard InChI is InChI=1S/C23H21ClF2N4O2/c1-13-14(2)27-23(28-22(13)24)21-16-6-4-5-7-20(16)30(29-21)12-17-18(25)10-15(11-19(17)26)32-9-8-31-3/h4-7,10-11H,8-9,12H2,1-3H3. The Morgan fingerprint density at radius 2 is 1.75 bits per heavy atom. The molecule has 4 rings (SSSR count). The molecule has 0 spiro atoms. The summed E-state index contributed by atoms with van der Waals surface area (Å²) in [7, 11) is 1.52. The van der Waals surface area contributed by atoms with Gasteiger partial charge in [0.1, 0.15) is 34.8 Å². The van der Waals surface area contributed by atoms with Crippen LogP contribution in [0.5, 0.6) is 5.75 Å². The Morgan fingerprint density at radius 1 is 1.03 bits per heavy atom. The molecular formula is C23H21ClF2N4O2. The van der Waals surface area contributed by atoms with Crippen molar-refractivity contribution < 1.29 is 18.3 Å². The van der Waals surface area contributed by atoms with Gasteiger partial charge in [0.05, 0.1) is 18.7 Å². The Labute approximate surface area is 188 Å². The van der Waals surface area contributed by atoms with E-state index in [2.05, 4.69) is 15.1 Å². The van der Waals surface area contributed by atoms with Crippen LogP contribution in [0.25, 0.3) is 22.4 Å². The highest BCUT2D eigenvalue weighted by Crippen LogP contribution is 2.29. The first-order chi connectivity index (χ1) is 15.4. The Hall–Kier alpha value is -3.10. The molecule has 0 atom stereocenters. The van der Waals surface area contributed by atoms with Crippen LogP contribution in [-0.4, -0.2) is 40.1 Å². The summed E-state index contributed by atoms with van der Waals surface area (Å²) in [6.45, 7) is 4.08. The molecule has 0 saturated carbocycles. The normalized spacial score (nSPS) is 11.3. The summed E-state index contributed by atoms with van der Waals surface area (Å²) >= 11 is 6.25. The van der Waals surface area contributed by atoms with Crippen molar-refractivity contribution >= 4 is 22.5 Å². The number of fused-ring (bicyclic) bond motifs is 1. The van der Waals surface area contributed by atoms with Gasteiger partial charge >= 0.3 is 0 Å². The van der Waals surface area contributed by atoms with Crippen molar-refractivity contribution in [2.24, 2.45) is 0 Å². The molecule has 0 fully saturated rings. The van der Waals surface area contributed by atoms with Crippen LogP contribution in [0, 0.1) is 25.5 Å². The topological polar surface area (TPSA) is 62.1 Å². The second-order valence-corrected chi connectivity index (χ2v) is 7.64. The number of nitrogens with zero attached hydrogens (tertiary/aromatic N) is 4. The lowest BCUT2D eigenvalue weighted by Crippen LogP contribution is -2.09. The fourth-order valence-electron chi connectivity index (χ4n) is 3.32. The molecule has 0 amide bonds. The molecule has 0 radical (unpaired) electrons. The van der Waals surface area contributed by atoms with Gasteiger partial charge in [-0.3, -0.25) is 4.68 Å². The van der Waals surface area contributed by atoms with Crippen LogP contribution in [0.15, 0.2) is 36.4 Å². The number of hydrogen-bond acceptors (Lipinski definition) is 5. The first-order valence-electron chi connectivity index (χ1n) is 9.95. The molecule has 166 valence electrons. The smallest absolute Gasteiger partial charge is 0.182 e. The number of rotatable bonds is 7. The zero-order chi connectivity index (χ0) is 22.8. The number of ether oxygens (including phenoxy) is 2. The Kier molecular flexibility index (Phi) is 6.34. The molecule has 6 nitrogen and oxygen atoms in total. The molecule has 0 unspecified atom stereocenters. The van der Waals surface area contributed by atoms with Crippen LogP contribution in [-0.2, 0) is 11.3 Å². The molecule has 0 bridgehead atoms. The van der Waals surface area contributed by atoms with E-state index in [4.69, 9.17) is 21.1 Å². The largest absolute Gasteiger partial charge is 0.491 e. The van der Waals surface area contributed by atoms with Crippen LogP contribution in [0.2, 0.25) is 5.15 Å². The summed E-state index contributed by atoms with van der Waals surface area (Å²) in [6, 6.07) is 9.69. The van der Waals surface area contributed by atoms with E-state index < -0.39 is 11.6 Å². The molecule has 9 heteroatoms. The van der Waals surface area contributed by atoms with Crippen LogP contribution in [0.1, 0.15) is 16.8 Å². The minimum absolute atomic E-state index is 0.102. The number of aromatic nitrogens is 4. The molecule has 2 aromatic heterocycles. The minimum atomic E-state index is -0.718. The number of hydrogen-bond donors (Lipinski definition) is 0. The van der Waals surface area contributed by atoms with Gasteiger partial charge in [-0.15, -0.1) is 0 Å². The molecule has 0 aliphatic carbocycles. The van der Waals surface area contributed by atoms with Gasteiger partial charge in [0.15, 0.2) is 5.82 Å². The molecule has 4 aromatic rings. The van der Waals surface area contributed by atoms with Crippen molar-refractivity contribution in [3.63, 3.8) is 0 Å². The number of para-hydroxylation sites is 1. The third kappa shape index (κ3) is 4.28. The van der Waals surface area contributed by atoms with E-state index in [1.165, 1.54) is 11.8 Å². The maximum Gasteiger partial charge on any atom is 0.182 e. The monoisotopic (exact) mass is 458 g/mol. The summed E-state index contributed by atoms with van der Waals surface area (Å²) in [5.74, 6) is -0.978. The zero-order valence-electron chi connectivity index (χ0n) is 17.8. The Balaban J connectivity index is 1.74. The van der Waals surface area contributed by atoms with E-state index >= 15 is 0 Å². The second kappa shape index (κ2) is 9.18. The molecule has 0 N–H and O–H groups in total. The van der Waals surface area contributed by atoms with Gasteiger partial charge in [-0.2, -0.15) is 5.10 Å². The SMILES string of the molecule is COCCOc1cc(F)c(Cn2nc(-c3nc(C)c(C)c(Cl)n3)c3ccccc32)c(F)c1. The van der Waals surface area contributed by atoms with Gasteiger partial charge in [0.2, 0.25) is 0 Å². The van der Waals surface area contributed by atoms with E-state index in [1.54, 1.807) is 0 Å². The van der Waals surface area contributed by atoms with E-state index in [-0.39, 0.29) is 24.5 Å². The molecule has 2 aromatic carbocycles. The molecular weight excluding hydrogens is 438 g/mol. The number of methoxy groups -OCH3 is 1. The van der Waals surface area contributed by atoms with Crippen molar-refractivity contribution in [1.29, 1.82) is 0 Å². The molecule has 0 saturated heterocycles. The van der Waals surface area contributed by atoms with Gasteiger partial charge in [0, 0.05) is 41.4 Å². The maximum atomic E-state index is 14.8. The quantitative estimate of drug-likeness (QED) is 0.284. The highest BCUT2D eigenvalue weighted by Gasteiger charge is 2.19. The van der Waals surface area contributed by atoms with Crippen LogP contribution in [0.3, 0.4) is 0 Å². The Morgan fingerprint density at radius 3 is 2.44 bits per heavy atom. The Bertz CT molecular complexity index is 1250. The average molecular weight is 459 g/mol. The summed E-state index contributed by atoms with van der Waals surface area (Å²) < 4.78 is 41.2. The highest BCUT2D eigenvalue weighted by atomic mass is 35.5. The minimum Gasteiger partial charge on any atom is -0.491 e. The average Bonchev–Trinajstić information content (AvgIpc) is 3.13. The maximum absolute atomic E-state index is 14.8. The summed E-state index contributed by atoms with van der Waals surface area (Å²) in [4.78, 5) is 8.87. The summed E-state index contributed by atoms with van der Waals surface area (Å²) in [5.41, 5.74) is 2.59. The van der Waals surface area contributed by atoms with E-state index in [9.17, 15) is 8.78 Å². The van der Waals surface area contributed by atoms with Crippen molar-refractivity contribution in [3.05, 3.63) is 70.0 Å². The fraction of sp³-hybridized carbons (Fsp3) is 0.261. The van der Waals surface area contributed by atoms with Gasteiger partial charge < -0.3 is 9.47 Å². The predicted octanol–water partition coefficient (Wildman–Crippen LogP) is 5.12. The second-order valence-electron chi connectivity index (χ2n) is 7.28. The van der Waals surface area contributed by atoms with E-state index in [0.29, 0.717) is 28.8 Å². The van der Waals surface area contributed by atoms with Crippen molar-refractivity contribution in [1.82, 2.24) is 19.7 Å². The van der Waals surface area contributed by atoms with Gasteiger partial charge in [0.25, 0.3) is 0 Å². The lowest BCUT2D eigenvalue weighted by Gasteiger charge is -2.10. The van der Waals surface area contributed by atoms with Crippen molar-refractivity contribution in [2.45, 2.75) is 20.4 Å². The lowest BCUT2D eigenvalue weighted by atomic mass is 10.1. The van der Waals surface area contributed by atoms with Crippen molar-refractivity contribution in [2.75, 3.05) is 20.3 Å². The molecule has 0 aliphatic rings. The number of benzene rings is 2. The van der Waals surface area contributed by atoms with E-state index in [0.717, 1.165) is 28.8 Å². The van der Waals surface area contributed by atoms with Gasteiger partial charge in [-0.25, -0.2) is 18.7 Å². The van der Waals surface area contributed by atoms with Gasteiger partial charge in [-0.1, -0.05) is 29.8 Å². The van der Waals surface area contributed by atoms with Crippen LogP contribution >= 0.6 is 11.6 Å². The van der Waals surface area contributed by atoms with Crippen LogP contribution < -0.4 is 4.74 Å². The molecule has 2 heterocycles. The molecule has 32 heavy (non-hydrogen) atoms. The predicted molar refractivity (Wildman–Crippen MR) is 118 cm³/mol. The summed E-state index contributed by atoms with van der Waals surface area (Å²) in [6.07, 6.45) is 0. The summed E-state index contributed by atoms with van der Waals surface area (Å²) in [5, 5.41) is 5.68. The number of aryl methyl sites for hydroxylation is 1. The zero-order valence-corrected chi connectivity index (χ0v) is 18.6. The number of halogens is 3. The van der Waals surface area contributed by atoms with Crippen molar-refractivity contribution in [3.8, 4) is 17.3 Å². The van der Waals surface area contributed by atoms with Gasteiger partial charge in [-0.05, 0) is 19.9 Å². The first kappa shape index (κ1) is 22.1.